The van der Waals surface area contributed by atoms with Gasteiger partial charge >= 0.3 is 0 Å². The van der Waals surface area contributed by atoms with Crippen molar-refractivity contribution in [2.45, 2.75) is 26.9 Å². The van der Waals surface area contributed by atoms with Crippen molar-refractivity contribution >= 4 is 16.9 Å². The summed E-state index contributed by atoms with van der Waals surface area (Å²) < 4.78 is 15.1. The summed E-state index contributed by atoms with van der Waals surface area (Å²) in [6.45, 7) is 4.19. The number of nitrogens with zero attached hydrogens (tertiary/aromatic N) is 2. The van der Waals surface area contributed by atoms with Crippen molar-refractivity contribution in [2.75, 3.05) is 0 Å². The van der Waals surface area contributed by atoms with Crippen LogP contribution in [0.25, 0.3) is 11.0 Å². The number of aromatic nitrogens is 2. The van der Waals surface area contributed by atoms with Crippen molar-refractivity contribution < 1.29 is 9.18 Å². The normalized spacial score (nSPS) is 10.9. The lowest BCUT2D eigenvalue weighted by molar-refractivity contribution is -0.121. The van der Waals surface area contributed by atoms with Gasteiger partial charge in [-0.2, -0.15) is 0 Å². The highest BCUT2D eigenvalue weighted by Crippen LogP contribution is 2.15. The summed E-state index contributed by atoms with van der Waals surface area (Å²) in [6, 6.07) is 12.6. The number of benzene rings is 2. The average Bonchev–Trinajstić information content (AvgIpc) is 2.84. The molecule has 23 heavy (non-hydrogen) atoms. The molecule has 0 saturated heterocycles. The second kappa shape index (κ2) is 6.20. The molecule has 0 aliphatic heterocycles. The number of carbonyl (C=O) groups is 1. The summed E-state index contributed by atoms with van der Waals surface area (Å²) in [7, 11) is 0. The van der Waals surface area contributed by atoms with Crippen LogP contribution in [0, 0.1) is 19.7 Å². The molecule has 1 N–H and O–H groups in total. The number of hydrogen-bond acceptors (Lipinski definition) is 2. The molecule has 0 radical (unpaired) electrons. The van der Waals surface area contributed by atoms with Crippen LogP contribution in [0.4, 0.5) is 4.39 Å². The van der Waals surface area contributed by atoms with Gasteiger partial charge < -0.3 is 9.88 Å². The number of imidazole rings is 1. The van der Waals surface area contributed by atoms with E-state index in [1.165, 1.54) is 6.07 Å². The highest BCUT2D eigenvalue weighted by molar-refractivity contribution is 5.81. The monoisotopic (exact) mass is 311 g/mol. The molecule has 1 heterocycles. The molecule has 3 rings (SSSR count). The third-order valence-corrected chi connectivity index (χ3v) is 3.86. The van der Waals surface area contributed by atoms with E-state index in [1.54, 1.807) is 19.1 Å². The molecule has 118 valence electrons. The molecule has 0 unspecified atom stereocenters. The predicted molar refractivity (Wildman–Crippen MR) is 87.5 cm³/mol. The van der Waals surface area contributed by atoms with Crippen LogP contribution in [0.15, 0.2) is 42.5 Å². The Morgan fingerprint density at radius 1 is 1.22 bits per heavy atom. The number of para-hydroxylation sites is 2. The second-order valence-electron chi connectivity index (χ2n) is 5.59. The Bertz CT molecular complexity index is 870. The predicted octanol–water partition coefficient (Wildman–Crippen LogP) is 3.11. The summed E-state index contributed by atoms with van der Waals surface area (Å²) in [5.41, 5.74) is 3.28. The molecule has 2 aromatic carbocycles. The first kappa shape index (κ1) is 15.2. The zero-order valence-corrected chi connectivity index (χ0v) is 13.1. The average molecular weight is 311 g/mol. The number of carbonyl (C=O) groups excluding carboxylic acids is 1. The van der Waals surface area contributed by atoms with Gasteiger partial charge in [0.25, 0.3) is 0 Å². The molecular formula is C18H18FN3O. The molecule has 1 amide bonds. The third kappa shape index (κ3) is 3.23. The van der Waals surface area contributed by atoms with Gasteiger partial charge in [-0.25, -0.2) is 9.37 Å². The fourth-order valence-electron chi connectivity index (χ4n) is 2.61. The van der Waals surface area contributed by atoms with E-state index in [0.717, 1.165) is 22.4 Å². The van der Waals surface area contributed by atoms with Gasteiger partial charge in [0.2, 0.25) is 5.91 Å². The Balaban J connectivity index is 1.69. The van der Waals surface area contributed by atoms with Crippen LogP contribution in [0.3, 0.4) is 0 Å². The van der Waals surface area contributed by atoms with E-state index in [-0.39, 0.29) is 18.3 Å². The molecule has 5 heteroatoms. The van der Waals surface area contributed by atoms with Gasteiger partial charge in [-0.15, -0.1) is 0 Å². The van der Waals surface area contributed by atoms with Gasteiger partial charge in [0.15, 0.2) is 0 Å². The fraction of sp³-hybridized carbons (Fsp3) is 0.222. The van der Waals surface area contributed by atoms with Gasteiger partial charge in [0.1, 0.15) is 18.2 Å². The maximum absolute atomic E-state index is 13.2. The summed E-state index contributed by atoms with van der Waals surface area (Å²) in [5, 5.41) is 2.87. The molecule has 0 saturated carbocycles. The number of halogens is 1. The number of nitrogens with one attached hydrogen (secondary N) is 1. The lowest BCUT2D eigenvalue weighted by Gasteiger charge is -2.09. The number of hydrogen-bond donors (Lipinski definition) is 1. The second-order valence-corrected chi connectivity index (χ2v) is 5.59. The summed E-state index contributed by atoms with van der Waals surface area (Å²) in [4.78, 5) is 16.6. The van der Waals surface area contributed by atoms with Crippen LogP contribution in [-0.4, -0.2) is 15.5 Å². The number of rotatable bonds is 4. The van der Waals surface area contributed by atoms with E-state index in [0.29, 0.717) is 12.1 Å². The van der Waals surface area contributed by atoms with Gasteiger partial charge in [-0.3, -0.25) is 4.79 Å². The Morgan fingerprint density at radius 3 is 2.78 bits per heavy atom. The lowest BCUT2D eigenvalue weighted by atomic mass is 10.1. The summed E-state index contributed by atoms with van der Waals surface area (Å²) in [5.74, 6) is 0.470. The fourth-order valence-corrected chi connectivity index (χ4v) is 2.61. The van der Waals surface area contributed by atoms with E-state index < -0.39 is 0 Å². The van der Waals surface area contributed by atoms with Gasteiger partial charge in [0, 0.05) is 6.54 Å². The first-order chi connectivity index (χ1) is 11.0. The van der Waals surface area contributed by atoms with Crippen LogP contribution in [-0.2, 0) is 17.9 Å². The SMILES string of the molecule is Cc1cc(CNC(=O)Cn2c(C)nc3ccccc32)ccc1F. The Kier molecular flexibility index (Phi) is 4.10. The largest absolute Gasteiger partial charge is 0.350 e. The minimum atomic E-state index is -0.236. The smallest absolute Gasteiger partial charge is 0.240 e. The molecule has 0 bridgehead atoms. The van der Waals surface area contributed by atoms with E-state index in [2.05, 4.69) is 10.3 Å². The highest BCUT2D eigenvalue weighted by atomic mass is 19.1. The Hall–Kier alpha value is -2.69. The Morgan fingerprint density at radius 2 is 2.00 bits per heavy atom. The van der Waals surface area contributed by atoms with Crippen molar-refractivity contribution in [1.82, 2.24) is 14.9 Å². The molecule has 0 aliphatic rings. The third-order valence-electron chi connectivity index (χ3n) is 3.86. The molecule has 4 nitrogen and oxygen atoms in total. The maximum Gasteiger partial charge on any atom is 0.240 e. The summed E-state index contributed by atoms with van der Waals surface area (Å²) in [6.07, 6.45) is 0. The molecule has 0 aliphatic carbocycles. The lowest BCUT2D eigenvalue weighted by Crippen LogP contribution is -2.27. The van der Waals surface area contributed by atoms with Crippen LogP contribution in [0.5, 0.6) is 0 Å². The quantitative estimate of drug-likeness (QED) is 0.805. The van der Waals surface area contributed by atoms with Gasteiger partial charge in [-0.1, -0.05) is 24.3 Å². The first-order valence-electron chi connectivity index (χ1n) is 7.48. The minimum Gasteiger partial charge on any atom is -0.350 e. The molecule has 0 fully saturated rings. The molecule has 0 spiro atoms. The first-order valence-corrected chi connectivity index (χ1v) is 7.48. The van der Waals surface area contributed by atoms with E-state index in [4.69, 9.17) is 0 Å². The van der Waals surface area contributed by atoms with Gasteiger partial charge in [0.05, 0.1) is 11.0 Å². The molecule has 0 atom stereocenters. The molecule has 3 aromatic rings. The van der Waals surface area contributed by atoms with E-state index >= 15 is 0 Å². The van der Waals surface area contributed by atoms with Crippen LogP contribution >= 0.6 is 0 Å². The number of aryl methyl sites for hydroxylation is 2. The van der Waals surface area contributed by atoms with Crippen molar-refractivity contribution in [2.24, 2.45) is 0 Å². The Labute approximate surface area is 134 Å². The van der Waals surface area contributed by atoms with Crippen molar-refractivity contribution in [3.63, 3.8) is 0 Å². The summed E-state index contributed by atoms with van der Waals surface area (Å²) >= 11 is 0. The van der Waals surface area contributed by atoms with Crippen molar-refractivity contribution in [1.29, 1.82) is 0 Å². The van der Waals surface area contributed by atoms with Crippen molar-refractivity contribution in [3.8, 4) is 0 Å². The van der Waals surface area contributed by atoms with Gasteiger partial charge in [-0.05, 0) is 43.2 Å². The van der Waals surface area contributed by atoms with Crippen LogP contribution in [0.1, 0.15) is 17.0 Å². The van der Waals surface area contributed by atoms with E-state index in [1.807, 2.05) is 35.8 Å². The molecule has 1 aromatic heterocycles. The van der Waals surface area contributed by atoms with Crippen LogP contribution < -0.4 is 5.32 Å². The zero-order valence-electron chi connectivity index (χ0n) is 13.1. The standard InChI is InChI=1S/C18H18FN3O/c1-12-9-14(7-8-15(12)19)10-20-18(23)11-22-13(2)21-16-5-3-4-6-17(16)22/h3-9H,10-11H2,1-2H3,(H,20,23). The topological polar surface area (TPSA) is 46.9 Å². The number of fused-ring (bicyclic) bond motifs is 1. The highest BCUT2D eigenvalue weighted by Gasteiger charge is 2.10. The maximum atomic E-state index is 13.2. The molecular weight excluding hydrogens is 293 g/mol. The number of amides is 1. The zero-order chi connectivity index (χ0) is 16.4. The van der Waals surface area contributed by atoms with Crippen LogP contribution in [0.2, 0.25) is 0 Å². The van der Waals surface area contributed by atoms with Crippen molar-refractivity contribution in [3.05, 3.63) is 65.2 Å². The van der Waals surface area contributed by atoms with E-state index in [9.17, 15) is 9.18 Å². The minimum absolute atomic E-state index is 0.0989.